The number of carbonyl (C=O) groups is 1. The van der Waals surface area contributed by atoms with E-state index in [4.69, 9.17) is 4.74 Å². The van der Waals surface area contributed by atoms with Crippen LogP contribution < -0.4 is 4.74 Å². The van der Waals surface area contributed by atoms with Gasteiger partial charge in [-0.15, -0.1) is 11.3 Å². The first-order chi connectivity index (χ1) is 10.2. The maximum Gasteiger partial charge on any atom is 0.273 e. The minimum atomic E-state index is 0.0395. The maximum absolute atomic E-state index is 12.6. The Bertz CT molecular complexity index is 632. The van der Waals surface area contributed by atoms with E-state index in [9.17, 15) is 4.79 Å². The van der Waals surface area contributed by atoms with Crippen LogP contribution in [0.25, 0.3) is 0 Å². The number of hydrogen-bond acceptors (Lipinski definition) is 4. The van der Waals surface area contributed by atoms with E-state index in [0.717, 1.165) is 29.2 Å². The number of nitrogens with zero attached hydrogens (tertiary/aromatic N) is 2. The zero-order valence-corrected chi connectivity index (χ0v) is 13.0. The summed E-state index contributed by atoms with van der Waals surface area (Å²) in [6.45, 7) is 2.55. The number of aromatic nitrogens is 1. The van der Waals surface area contributed by atoms with E-state index >= 15 is 0 Å². The standard InChI is InChI=1S/C16H18N2O2S/c1-11-17-15(10-21-11)16(19)18(13-5-6-13)9-12-3-7-14(20-2)8-4-12/h3-4,7-8,10,13H,5-6,9H2,1-2H3. The van der Waals surface area contributed by atoms with Gasteiger partial charge in [0.2, 0.25) is 0 Å². The number of amides is 1. The van der Waals surface area contributed by atoms with Gasteiger partial charge in [0.1, 0.15) is 11.4 Å². The van der Waals surface area contributed by atoms with Crippen LogP contribution in [-0.2, 0) is 6.54 Å². The van der Waals surface area contributed by atoms with Gasteiger partial charge in [0.05, 0.1) is 12.1 Å². The van der Waals surface area contributed by atoms with Gasteiger partial charge in [0.15, 0.2) is 0 Å². The number of aryl methyl sites for hydroxylation is 1. The quantitative estimate of drug-likeness (QED) is 0.851. The number of carbonyl (C=O) groups excluding carboxylic acids is 1. The molecule has 5 heteroatoms. The van der Waals surface area contributed by atoms with E-state index in [1.54, 1.807) is 7.11 Å². The number of benzene rings is 1. The van der Waals surface area contributed by atoms with Gasteiger partial charge < -0.3 is 9.64 Å². The van der Waals surface area contributed by atoms with Crippen molar-refractivity contribution in [3.05, 3.63) is 45.9 Å². The van der Waals surface area contributed by atoms with E-state index in [1.165, 1.54) is 11.3 Å². The van der Waals surface area contributed by atoms with Crippen molar-refractivity contribution in [3.8, 4) is 5.75 Å². The molecule has 0 N–H and O–H groups in total. The molecule has 0 spiro atoms. The molecule has 1 heterocycles. The highest BCUT2D eigenvalue weighted by Gasteiger charge is 2.33. The highest BCUT2D eigenvalue weighted by molar-refractivity contribution is 7.09. The molecule has 110 valence electrons. The predicted octanol–water partition coefficient (Wildman–Crippen LogP) is 3.26. The minimum Gasteiger partial charge on any atom is -0.497 e. The third kappa shape index (κ3) is 3.24. The SMILES string of the molecule is COc1ccc(CN(C(=O)c2csc(C)n2)C2CC2)cc1. The van der Waals surface area contributed by atoms with Gasteiger partial charge in [-0.2, -0.15) is 0 Å². The lowest BCUT2D eigenvalue weighted by molar-refractivity contribution is 0.0724. The van der Waals surface area contributed by atoms with Crippen molar-refractivity contribution in [3.63, 3.8) is 0 Å². The Hall–Kier alpha value is -1.88. The predicted molar refractivity (Wildman–Crippen MR) is 82.7 cm³/mol. The summed E-state index contributed by atoms with van der Waals surface area (Å²) in [6, 6.07) is 8.23. The molecule has 1 aliphatic rings. The Balaban J connectivity index is 1.76. The Kier molecular flexibility index (Phi) is 3.92. The molecule has 1 aromatic heterocycles. The van der Waals surface area contributed by atoms with E-state index in [0.29, 0.717) is 18.3 Å². The first-order valence-corrected chi connectivity index (χ1v) is 7.91. The summed E-state index contributed by atoms with van der Waals surface area (Å²) in [6.07, 6.45) is 2.18. The molecular weight excluding hydrogens is 284 g/mol. The molecule has 1 aromatic carbocycles. The van der Waals surface area contributed by atoms with E-state index in [2.05, 4.69) is 4.98 Å². The van der Waals surface area contributed by atoms with Crippen molar-refractivity contribution in [1.82, 2.24) is 9.88 Å². The van der Waals surface area contributed by atoms with Gasteiger partial charge in [-0.05, 0) is 37.5 Å². The molecule has 21 heavy (non-hydrogen) atoms. The van der Waals surface area contributed by atoms with Gasteiger partial charge in [-0.1, -0.05) is 12.1 Å². The second-order valence-corrected chi connectivity index (χ2v) is 6.33. The van der Waals surface area contributed by atoms with Gasteiger partial charge in [0.25, 0.3) is 5.91 Å². The van der Waals surface area contributed by atoms with Crippen LogP contribution in [0.15, 0.2) is 29.6 Å². The molecule has 1 fully saturated rings. The largest absolute Gasteiger partial charge is 0.497 e. The van der Waals surface area contributed by atoms with Crippen molar-refractivity contribution in [2.24, 2.45) is 0 Å². The molecule has 0 aliphatic heterocycles. The van der Waals surface area contributed by atoms with E-state index in [1.807, 2.05) is 41.5 Å². The molecule has 1 aliphatic carbocycles. The molecule has 0 bridgehead atoms. The highest BCUT2D eigenvalue weighted by atomic mass is 32.1. The Morgan fingerprint density at radius 2 is 2.10 bits per heavy atom. The van der Waals surface area contributed by atoms with Gasteiger partial charge >= 0.3 is 0 Å². The van der Waals surface area contributed by atoms with Crippen LogP contribution in [-0.4, -0.2) is 28.9 Å². The third-order valence-corrected chi connectivity index (χ3v) is 4.37. The van der Waals surface area contributed by atoms with Crippen molar-refractivity contribution >= 4 is 17.2 Å². The second-order valence-electron chi connectivity index (χ2n) is 5.26. The highest BCUT2D eigenvalue weighted by Crippen LogP contribution is 2.30. The fourth-order valence-corrected chi connectivity index (χ4v) is 2.88. The first kappa shape index (κ1) is 14.1. The number of hydrogen-bond donors (Lipinski definition) is 0. The molecule has 0 radical (unpaired) electrons. The summed E-state index contributed by atoms with van der Waals surface area (Å²) in [5.41, 5.74) is 1.68. The smallest absolute Gasteiger partial charge is 0.273 e. The van der Waals surface area contributed by atoms with E-state index in [-0.39, 0.29) is 5.91 Å². The van der Waals surface area contributed by atoms with Crippen molar-refractivity contribution in [2.75, 3.05) is 7.11 Å². The fraction of sp³-hybridized carbons (Fsp3) is 0.375. The summed E-state index contributed by atoms with van der Waals surface area (Å²) >= 11 is 1.52. The summed E-state index contributed by atoms with van der Waals surface area (Å²) in [5, 5.41) is 2.78. The first-order valence-electron chi connectivity index (χ1n) is 7.03. The van der Waals surface area contributed by atoms with Crippen LogP contribution in [0, 0.1) is 6.92 Å². The second kappa shape index (κ2) is 5.85. The molecular formula is C16H18N2O2S. The summed E-state index contributed by atoms with van der Waals surface area (Å²) < 4.78 is 5.16. The molecule has 4 nitrogen and oxygen atoms in total. The molecule has 2 aromatic rings. The van der Waals surface area contributed by atoms with Crippen LogP contribution >= 0.6 is 11.3 Å². The Morgan fingerprint density at radius 3 is 2.62 bits per heavy atom. The maximum atomic E-state index is 12.6. The third-order valence-electron chi connectivity index (χ3n) is 3.60. The lowest BCUT2D eigenvalue weighted by Crippen LogP contribution is -2.32. The number of ether oxygens (including phenoxy) is 1. The average Bonchev–Trinajstić information content (AvgIpc) is 3.26. The normalized spacial score (nSPS) is 14.0. The summed E-state index contributed by atoms with van der Waals surface area (Å²) in [7, 11) is 1.65. The average molecular weight is 302 g/mol. The van der Waals surface area contributed by atoms with Crippen LogP contribution in [0.5, 0.6) is 5.75 Å². The Labute approximate surface area is 128 Å². The number of methoxy groups -OCH3 is 1. The van der Waals surface area contributed by atoms with E-state index < -0.39 is 0 Å². The number of rotatable bonds is 5. The minimum absolute atomic E-state index is 0.0395. The van der Waals surface area contributed by atoms with Gasteiger partial charge in [-0.3, -0.25) is 4.79 Å². The van der Waals surface area contributed by atoms with Crippen molar-refractivity contribution in [1.29, 1.82) is 0 Å². The lowest BCUT2D eigenvalue weighted by atomic mass is 10.2. The van der Waals surface area contributed by atoms with Crippen LogP contribution in [0.1, 0.15) is 33.9 Å². The molecule has 0 atom stereocenters. The molecule has 0 unspecified atom stereocenters. The molecule has 1 saturated carbocycles. The fourth-order valence-electron chi connectivity index (χ4n) is 2.29. The Morgan fingerprint density at radius 1 is 1.38 bits per heavy atom. The van der Waals surface area contributed by atoms with Crippen LogP contribution in [0.3, 0.4) is 0 Å². The van der Waals surface area contributed by atoms with Crippen molar-refractivity contribution < 1.29 is 9.53 Å². The lowest BCUT2D eigenvalue weighted by Gasteiger charge is -2.21. The van der Waals surface area contributed by atoms with Crippen molar-refractivity contribution in [2.45, 2.75) is 32.4 Å². The topological polar surface area (TPSA) is 42.4 Å². The zero-order valence-electron chi connectivity index (χ0n) is 12.2. The van der Waals surface area contributed by atoms with Crippen LogP contribution in [0.2, 0.25) is 0 Å². The zero-order chi connectivity index (χ0) is 14.8. The monoisotopic (exact) mass is 302 g/mol. The molecule has 0 saturated heterocycles. The number of thiazole rings is 1. The summed E-state index contributed by atoms with van der Waals surface area (Å²) in [4.78, 5) is 18.9. The molecule has 3 rings (SSSR count). The summed E-state index contributed by atoms with van der Waals surface area (Å²) in [5.74, 6) is 0.871. The van der Waals surface area contributed by atoms with Gasteiger partial charge in [0, 0.05) is 18.0 Å². The van der Waals surface area contributed by atoms with Crippen LogP contribution in [0.4, 0.5) is 0 Å². The molecule has 1 amide bonds. The van der Waals surface area contributed by atoms with Gasteiger partial charge in [-0.25, -0.2) is 4.98 Å².